The molecule has 16 heavy (non-hydrogen) atoms. The average molecular weight is 230 g/mol. The number of nitrogens with zero attached hydrogens (tertiary/aromatic N) is 2. The molecule has 4 atom stereocenters. The van der Waals surface area contributed by atoms with Crippen molar-refractivity contribution in [1.29, 1.82) is 0 Å². The molecular formula is C12H23FN2O. The summed E-state index contributed by atoms with van der Waals surface area (Å²) in [6.45, 7) is 3.39. The summed E-state index contributed by atoms with van der Waals surface area (Å²) in [5.74, 6) is 0.119. The highest BCUT2D eigenvalue weighted by atomic mass is 19.1. The van der Waals surface area contributed by atoms with Crippen LogP contribution in [0.5, 0.6) is 0 Å². The Hall–Kier alpha value is -0.190. The summed E-state index contributed by atoms with van der Waals surface area (Å²) in [6, 6.07) is 0. The van der Waals surface area contributed by atoms with Crippen LogP contribution in [0.15, 0.2) is 0 Å². The van der Waals surface area contributed by atoms with Gasteiger partial charge in [-0.05, 0) is 26.9 Å². The van der Waals surface area contributed by atoms with E-state index in [-0.39, 0.29) is 17.9 Å². The first-order valence-electron chi connectivity index (χ1n) is 6.27. The van der Waals surface area contributed by atoms with Gasteiger partial charge in [0.15, 0.2) is 0 Å². The van der Waals surface area contributed by atoms with Crippen molar-refractivity contribution in [2.75, 3.05) is 40.3 Å². The van der Waals surface area contributed by atoms with Gasteiger partial charge in [-0.15, -0.1) is 0 Å². The first-order valence-corrected chi connectivity index (χ1v) is 6.27. The second-order valence-electron chi connectivity index (χ2n) is 5.51. The molecule has 3 nitrogen and oxygen atoms in total. The summed E-state index contributed by atoms with van der Waals surface area (Å²) < 4.78 is 14.0. The highest BCUT2D eigenvalue weighted by molar-refractivity contribution is 4.90. The number of hydrogen-bond acceptors (Lipinski definition) is 3. The molecule has 0 aromatic heterocycles. The highest BCUT2D eigenvalue weighted by Gasteiger charge is 2.39. The summed E-state index contributed by atoms with van der Waals surface area (Å²) >= 11 is 0. The Kier molecular flexibility index (Phi) is 3.82. The number of alkyl halides is 1. The van der Waals surface area contributed by atoms with Gasteiger partial charge in [0.2, 0.25) is 0 Å². The highest BCUT2D eigenvalue weighted by Crippen LogP contribution is 2.32. The third kappa shape index (κ3) is 2.55. The molecule has 2 fully saturated rings. The van der Waals surface area contributed by atoms with Crippen LogP contribution in [0.3, 0.4) is 0 Å². The maximum absolute atomic E-state index is 14.0. The number of halogens is 1. The van der Waals surface area contributed by atoms with Gasteiger partial charge in [0.1, 0.15) is 6.17 Å². The van der Waals surface area contributed by atoms with Crippen LogP contribution in [0, 0.1) is 11.8 Å². The van der Waals surface area contributed by atoms with Gasteiger partial charge in [0.05, 0.1) is 6.10 Å². The Morgan fingerprint density at radius 3 is 2.25 bits per heavy atom. The van der Waals surface area contributed by atoms with E-state index in [0.717, 1.165) is 32.6 Å². The number of aliphatic hydroxyl groups is 1. The molecular weight excluding hydrogens is 207 g/mol. The monoisotopic (exact) mass is 230 g/mol. The molecule has 0 bridgehead atoms. The van der Waals surface area contributed by atoms with Crippen LogP contribution in [-0.2, 0) is 0 Å². The summed E-state index contributed by atoms with van der Waals surface area (Å²) in [5, 5.41) is 10.0. The summed E-state index contributed by atoms with van der Waals surface area (Å²) in [6.07, 6.45) is 0.357. The van der Waals surface area contributed by atoms with Crippen molar-refractivity contribution in [2.45, 2.75) is 25.1 Å². The predicted octanol–water partition coefficient (Wildman–Crippen LogP) is 0.589. The van der Waals surface area contributed by atoms with Crippen molar-refractivity contribution in [2.24, 2.45) is 11.8 Å². The first kappa shape index (κ1) is 12.3. The minimum absolute atomic E-state index is 0.0106. The first-order chi connectivity index (χ1) is 7.58. The molecule has 0 aliphatic carbocycles. The lowest BCUT2D eigenvalue weighted by molar-refractivity contribution is -0.0377. The van der Waals surface area contributed by atoms with Crippen molar-refractivity contribution in [3.8, 4) is 0 Å². The Labute approximate surface area is 97.2 Å². The molecule has 4 heteroatoms. The fraction of sp³-hybridized carbons (Fsp3) is 1.00. The quantitative estimate of drug-likeness (QED) is 0.714. The van der Waals surface area contributed by atoms with Gasteiger partial charge >= 0.3 is 0 Å². The van der Waals surface area contributed by atoms with Gasteiger partial charge in [0, 0.05) is 38.0 Å². The van der Waals surface area contributed by atoms with Crippen LogP contribution < -0.4 is 0 Å². The van der Waals surface area contributed by atoms with E-state index in [2.05, 4.69) is 16.8 Å². The van der Waals surface area contributed by atoms with E-state index in [9.17, 15) is 9.50 Å². The number of piperidine rings is 2. The van der Waals surface area contributed by atoms with Gasteiger partial charge in [-0.1, -0.05) is 0 Å². The minimum Gasteiger partial charge on any atom is -0.393 e. The zero-order valence-electron chi connectivity index (χ0n) is 10.3. The fourth-order valence-electron chi connectivity index (χ4n) is 3.09. The van der Waals surface area contributed by atoms with Gasteiger partial charge in [-0.25, -0.2) is 4.39 Å². The largest absolute Gasteiger partial charge is 0.393 e. The van der Waals surface area contributed by atoms with E-state index in [1.165, 1.54) is 0 Å². The van der Waals surface area contributed by atoms with Crippen LogP contribution in [0.2, 0.25) is 0 Å². The van der Waals surface area contributed by atoms with Crippen LogP contribution in [0.4, 0.5) is 4.39 Å². The van der Waals surface area contributed by atoms with E-state index in [0.29, 0.717) is 6.42 Å². The molecule has 2 aliphatic heterocycles. The van der Waals surface area contributed by atoms with Gasteiger partial charge in [0.25, 0.3) is 0 Å². The van der Waals surface area contributed by atoms with Crippen molar-refractivity contribution >= 4 is 0 Å². The minimum atomic E-state index is -0.734. The molecule has 94 valence electrons. The zero-order chi connectivity index (χ0) is 11.7. The Morgan fingerprint density at radius 2 is 1.56 bits per heavy atom. The molecule has 0 aromatic rings. The standard InChI is InChI=1S/C12H23FN2O/c1-14-5-3-11(13)9(7-14)10-8-15(2)6-4-12(10)16/h9-12,16H,3-8H2,1-2H3. The molecule has 2 rings (SSSR count). The fourth-order valence-corrected chi connectivity index (χ4v) is 3.09. The zero-order valence-corrected chi connectivity index (χ0v) is 10.3. The summed E-state index contributed by atoms with van der Waals surface area (Å²) in [7, 11) is 4.09. The molecule has 4 unspecified atom stereocenters. The van der Waals surface area contributed by atoms with E-state index in [4.69, 9.17) is 0 Å². The van der Waals surface area contributed by atoms with Gasteiger partial charge in [-0.3, -0.25) is 0 Å². The number of hydrogen-bond donors (Lipinski definition) is 1. The van der Waals surface area contributed by atoms with Crippen molar-refractivity contribution in [3.05, 3.63) is 0 Å². The molecule has 0 aromatic carbocycles. The van der Waals surface area contributed by atoms with Gasteiger partial charge in [-0.2, -0.15) is 0 Å². The lowest BCUT2D eigenvalue weighted by Gasteiger charge is -2.43. The lowest BCUT2D eigenvalue weighted by atomic mass is 9.78. The van der Waals surface area contributed by atoms with E-state index in [1.807, 2.05) is 7.05 Å². The smallest absolute Gasteiger partial charge is 0.106 e. The van der Waals surface area contributed by atoms with Crippen LogP contribution in [0.1, 0.15) is 12.8 Å². The normalized spacial score (nSPS) is 43.5. The molecule has 2 aliphatic rings. The van der Waals surface area contributed by atoms with Crippen molar-refractivity contribution in [1.82, 2.24) is 9.80 Å². The van der Waals surface area contributed by atoms with E-state index >= 15 is 0 Å². The van der Waals surface area contributed by atoms with Crippen LogP contribution in [0.25, 0.3) is 0 Å². The van der Waals surface area contributed by atoms with Crippen LogP contribution in [-0.4, -0.2) is 67.5 Å². The summed E-state index contributed by atoms with van der Waals surface area (Å²) in [4.78, 5) is 4.39. The van der Waals surface area contributed by atoms with Crippen molar-refractivity contribution < 1.29 is 9.50 Å². The molecule has 2 heterocycles. The third-order valence-corrected chi connectivity index (χ3v) is 4.15. The number of likely N-dealkylation sites (tertiary alicyclic amines) is 2. The molecule has 0 spiro atoms. The second kappa shape index (κ2) is 4.98. The Balaban J connectivity index is 2.02. The van der Waals surface area contributed by atoms with E-state index in [1.54, 1.807) is 0 Å². The van der Waals surface area contributed by atoms with Crippen LogP contribution >= 0.6 is 0 Å². The average Bonchev–Trinajstić information content (AvgIpc) is 2.25. The van der Waals surface area contributed by atoms with E-state index < -0.39 is 6.17 Å². The molecule has 0 radical (unpaired) electrons. The number of rotatable bonds is 1. The molecule has 2 saturated heterocycles. The molecule has 0 saturated carbocycles. The van der Waals surface area contributed by atoms with Gasteiger partial charge < -0.3 is 14.9 Å². The Bertz CT molecular complexity index is 215. The Morgan fingerprint density at radius 1 is 1.00 bits per heavy atom. The lowest BCUT2D eigenvalue weighted by Crippen LogP contribution is -2.52. The van der Waals surface area contributed by atoms with Crippen molar-refractivity contribution in [3.63, 3.8) is 0 Å². The maximum atomic E-state index is 14.0. The summed E-state index contributed by atoms with van der Waals surface area (Å²) in [5.41, 5.74) is 0. The second-order valence-corrected chi connectivity index (χ2v) is 5.51. The number of aliphatic hydroxyl groups excluding tert-OH is 1. The SMILES string of the molecule is CN1CCC(O)C(C2CN(C)CCC2F)C1. The molecule has 1 N–H and O–H groups in total. The third-order valence-electron chi connectivity index (χ3n) is 4.15. The maximum Gasteiger partial charge on any atom is 0.106 e. The topological polar surface area (TPSA) is 26.7 Å². The predicted molar refractivity (Wildman–Crippen MR) is 62.1 cm³/mol. The molecule has 0 amide bonds.